The van der Waals surface area contributed by atoms with E-state index in [4.69, 9.17) is 0 Å². The molecule has 20 heavy (non-hydrogen) atoms. The number of aliphatic hydroxyl groups excluding tert-OH is 1. The van der Waals surface area contributed by atoms with Crippen LogP contribution in [0.25, 0.3) is 0 Å². The summed E-state index contributed by atoms with van der Waals surface area (Å²) in [5, 5.41) is 10.0. The van der Waals surface area contributed by atoms with Gasteiger partial charge in [0, 0.05) is 31.5 Å². The van der Waals surface area contributed by atoms with E-state index in [2.05, 4.69) is 22.0 Å². The zero-order valence-electron chi connectivity index (χ0n) is 12.2. The van der Waals surface area contributed by atoms with E-state index < -0.39 is 0 Å². The second-order valence-corrected chi connectivity index (χ2v) is 6.46. The first-order chi connectivity index (χ1) is 9.83. The van der Waals surface area contributed by atoms with Gasteiger partial charge in [0.05, 0.1) is 6.10 Å². The molecule has 0 bridgehead atoms. The molecule has 1 aliphatic carbocycles. The van der Waals surface area contributed by atoms with Crippen molar-refractivity contribution in [1.82, 2.24) is 9.88 Å². The molecule has 1 aliphatic heterocycles. The molecule has 1 aromatic rings. The van der Waals surface area contributed by atoms with Crippen molar-refractivity contribution in [3.8, 4) is 0 Å². The first kappa shape index (κ1) is 14.0. The van der Waals surface area contributed by atoms with Crippen LogP contribution in [0, 0.1) is 5.92 Å². The van der Waals surface area contributed by atoms with Crippen LogP contribution in [0.15, 0.2) is 24.5 Å². The summed E-state index contributed by atoms with van der Waals surface area (Å²) in [4.78, 5) is 6.61. The normalized spacial score (nSPS) is 28.9. The maximum atomic E-state index is 10.0. The van der Waals surface area contributed by atoms with Gasteiger partial charge in [0.2, 0.25) is 0 Å². The third-order valence-corrected chi connectivity index (χ3v) is 5.06. The largest absolute Gasteiger partial charge is 0.392 e. The van der Waals surface area contributed by atoms with Crippen LogP contribution in [-0.2, 0) is 6.42 Å². The Kier molecular flexibility index (Phi) is 4.69. The van der Waals surface area contributed by atoms with E-state index in [1.807, 2.05) is 12.4 Å². The molecule has 0 unspecified atom stereocenters. The van der Waals surface area contributed by atoms with Gasteiger partial charge in [-0.1, -0.05) is 19.3 Å². The fourth-order valence-corrected chi connectivity index (χ4v) is 4.00. The number of β-amino-alcohol motifs (C(OH)–C–C–N with tert-alkyl or cyclic N) is 1. The Labute approximate surface area is 122 Å². The molecule has 0 radical (unpaired) electrons. The Morgan fingerprint density at radius 1 is 1.15 bits per heavy atom. The summed E-state index contributed by atoms with van der Waals surface area (Å²) in [7, 11) is 0. The minimum atomic E-state index is -0.112. The van der Waals surface area contributed by atoms with Gasteiger partial charge in [-0.3, -0.25) is 9.88 Å². The van der Waals surface area contributed by atoms with E-state index in [9.17, 15) is 5.11 Å². The molecule has 3 heteroatoms. The number of likely N-dealkylation sites (tertiary alicyclic amines) is 1. The van der Waals surface area contributed by atoms with E-state index >= 15 is 0 Å². The topological polar surface area (TPSA) is 36.4 Å². The number of rotatable bonds is 4. The summed E-state index contributed by atoms with van der Waals surface area (Å²) in [5.74, 6) is 0.818. The van der Waals surface area contributed by atoms with E-state index in [0.717, 1.165) is 31.8 Å². The molecule has 0 aromatic carbocycles. The van der Waals surface area contributed by atoms with Gasteiger partial charge in [-0.05, 0) is 49.3 Å². The molecule has 2 atom stereocenters. The lowest BCUT2D eigenvalue weighted by atomic mass is 9.82. The quantitative estimate of drug-likeness (QED) is 0.917. The number of hydrogen-bond donors (Lipinski definition) is 1. The van der Waals surface area contributed by atoms with Gasteiger partial charge >= 0.3 is 0 Å². The molecule has 2 heterocycles. The molecule has 2 fully saturated rings. The molecule has 1 saturated heterocycles. The smallest absolute Gasteiger partial charge is 0.0682 e. The molecule has 3 rings (SSSR count). The maximum absolute atomic E-state index is 10.0. The van der Waals surface area contributed by atoms with E-state index in [-0.39, 0.29) is 6.10 Å². The maximum Gasteiger partial charge on any atom is 0.0682 e. The Morgan fingerprint density at radius 2 is 1.90 bits per heavy atom. The monoisotopic (exact) mass is 274 g/mol. The summed E-state index contributed by atoms with van der Waals surface area (Å²) >= 11 is 0. The molecule has 0 spiro atoms. The predicted octanol–water partition coefficient (Wildman–Crippen LogP) is 2.64. The second kappa shape index (κ2) is 6.68. The Bertz CT molecular complexity index is 403. The SMILES string of the molecule is O[C@@H]1C[C@@H](C2CCCCC2)N(CCc2ccncc2)C1. The first-order valence-corrected chi connectivity index (χ1v) is 8.14. The summed E-state index contributed by atoms with van der Waals surface area (Å²) in [6.45, 7) is 1.94. The Hall–Kier alpha value is -0.930. The highest BCUT2D eigenvalue weighted by atomic mass is 16.3. The van der Waals surface area contributed by atoms with Crippen molar-refractivity contribution in [2.24, 2.45) is 5.92 Å². The number of aliphatic hydroxyl groups is 1. The average Bonchev–Trinajstić information content (AvgIpc) is 2.88. The van der Waals surface area contributed by atoms with Crippen molar-refractivity contribution in [2.75, 3.05) is 13.1 Å². The van der Waals surface area contributed by atoms with Crippen LogP contribution in [0.3, 0.4) is 0 Å². The molecule has 1 N–H and O–H groups in total. The molecule has 3 nitrogen and oxygen atoms in total. The van der Waals surface area contributed by atoms with Crippen LogP contribution < -0.4 is 0 Å². The van der Waals surface area contributed by atoms with E-state index in [1.54, 1.807) is 0 Å². The highest BCUT2D eigenvalue weighted by Crippen LogP contribution is 2.34. The number of nitrogens with zero attached hydrogens (tertiary/aromatic N) is 2. The van der Waals surface area contributed by atoms with Crippen molar-refractivity contribution in [1.29, 1.82) is 0 Å². The highest BCUT2D eigenvalue weighted by molar-refractivity contribution is 5.10. The van der Waals surface area contributed by atoms with E-state index in [1.165, 1.54) is 37.7 Å². The summed E-state index contributed by atoms with van der Waals surface area (Å²) in [5.41, 5.74) is 1.35. The lowest BCUT2D eigenvalue weighted by Crippen LogP contribution is -2.37. The van der Waals surface area contributed by atoms with Crippen molar-refractivity contribution < 1.29 is 5.11 Å². The lowest BCUT2D eigenvalue weighted by molar-refractivity contribution is 0.155. The van der Waals surface area contributed by atoms with Crippen molar-refractivity contribution in [3.63, 3.8) is 0 Å². The zero-order chi connectivity index (χ0) is 13.8. The third-order valence-electron chi connectivity index (χ3n) is 5.06. The minimum Gasteiger partial charge on any atom is -0.392 e. The minimum absolute atomic E-state index is 0.112. The molecular formula is C17H26N2O. The number of aromatic nitrogens is 1. The van der Waals surface area contributed by atoms with Gasteiger partial charge in [-0.15, -0.1) is 0 Å². The van der Waals surface area contributed by atoms with Crippen LogP contribution in [0.2, 0.25) is 0 Å². The van der Waals surface area contributed by atoms with Crippen LogP contribution in [0.4, 0.5) is 0 Å². The number of pyridine rings is 1. The van der Waals surface area contributed by atoms with Crippen LogP contribution in [0.5, 0.6) is 0 Å². The van der Waals surface area contributed by atoms with Gasteiger partial charge in [-0.2, -0.15) is 0 Å². The van der Waals surface area contributed by atoms with Crippen molar-refractivity contribution in [3.05, 3.63) is 30.1 Å². The molecule has 1 saturated carbocycles. The fraction of sp³-hybridized carbons (Fsp3) is 0.706. The van der Waals surface area contributed by atoms with Crippen LogP contribution >= 0.6 is 0 Å². The lowest BCUT2D eigenvalue weighted by Gasteiger charge is -2.33. The van der Waals surface area contributed by atoms with Crippen LogP contribution in [0.1, 0.15) is 44.1 Å². The Morgan fingerprint density at radius 3 is 2.65 bits per heavy atom. The highest BCUT2D eigenvalue weighted by Gasteiger charge is 2.36. The average molecular weight is 274 g/mol. The molecule has 1 aromatic heterocycles. The van der Waals surface area contributed by atoms with Gasteiger partial charge in [0.15, 0.2) is 0 Å². The molecule has 0 amide bonds. The van der Waals surface area contributed by atoms with Gasteiger partial charge in [-0.25, -0.2) is 0 Å². The fourth-order valence-electron chi connectivity index (χ4n) is 4.00. The second-order valence-electron chi connectivity index (χ2n) is 6.46. The zero-order valence-corrected chi connectivity index (χ0v) is 12.2. The van der Waals surface area contributed by atoms with Crippen molar-refractivity contribution >= 4 is 0 Å². The summed E-state index contributed by atoms with van der Waals surface area (Å²) < 4.78 is 0. The van der Waals surface area contributed by atoms with Gasteiger partial charge in [0.1, 0.15) is 0 Å². The first-order valence-electron chi connectivity index (χ1n) is 8.14. The predicted molar refractivity (Wildman–Crippen MR) is 80.5 cm³/mol. The van der Waals surface area contributed by atoms with Crippen LogP contribution in [-0.4, -0.2) is 40.2 Å². The molecule has 2 aliphatic rings. The number of hydrogen-bond acceptors (Lipinski definition) is 3. The van der Waals surface area contributed by atoms with Crippen molar-refractivity contribution in [2.45, 2.75) is 57.1 Å². The van der Waals surface area contributed by atoms with Gasteiger partial charge in [0.25, 0.3) is 0 Å². The Balaban J connectivity index is 1.58. The standard InChI is InChI=1S/C17H26N2O/c20-16-12-17(15-4-2-1-3-5-15)19(13-16)11-8-14-6-9-18-10-7-14/h6-7,9-10,15-17,20H,1-5,8,11-13H2/t16-,17+/m1/s1. The van der Waals surface area contributed by atoms with Gasteiger partial charge < -0.3 is 5.11 Å². The molecule has 110 valence electrons. The summed E-state index contributed by atoms with van der Waals surface area (Å²) in [6.07, 6.45) is 12.6. The third kappa shape index (κ3) is 3.39. The molecular weight excluding hydrogens is 248 g/mol. The summed E-state index contributed by atoms with van der Waals surface area (Å²) in [6, 6.07) is 4.82. The van der Waals surface area contributed by atoms with E-state index in [0.29, 0.717) is 6.04 Å².